The lowest BCUT2D eigenvalue weighted by molar-refractivity contribution is -0.138. The number of carbonyl (C=O) groups excluding carboxylic acids is 1. The molecule has 0 aliphatic heterocycles. The molecule has 0 fully saturated rings. The number of nitrogens with two attached hydrogens (primary N) is 1. The lowest BCUT2D eigenvalue weighted by Crippen LogP contribution is -2.30. The van der Waals surface area contributed by atoms with E-state index in [-0.39, 0.29) is 12.3 Å². The van der Waals surface area contributed by atoms with Crippen LogP contribution >= 0.6 is 0 Å². The zero-order chi connectivity index (χ0) is 12.6. The van der Waals surface area contributed by atoms with E-state index >= 15 is 0 Å². The Morgan fingerprint density at radius 1 is 1.38 bits per heavy atom. The number of carboxylic acids is 1. The molecule has 0 aromatic carbocycles. The van der Waals surface area contributed by atoms with Gasteiger partial charge in [-0.05, 0) is 26.2 Å². The summed E-state index contributed by atoms with van der Waals surface area (Å²) in [5, 5.41) is 20.0. The second kappa shape index (κ2) is 8.06. The SMILES string of the molecule is CC(O)CC(=O)NCCCC[C@H](N)C(=O)O. The molecule has 0 bridgehead atoms. The number of hydrogen-bond donors (Lipinski definition) is 4. The summed E-state index contributed by atoms with van der Waals surface area (Å²) in [5.74, 6) is -1.20. The highest BCUT2D eigenvalue weighted by atomic mass is 16.4. The number of amides is 1. The fraction of sp³-hybridized carbons (Fsp3) is 0.800. The normalized spacial score (nSPS) is 14.2. The van der Waals surface area contributed by atoms with Crippen LogP contribution in [0.4, 0.5) is 0 Å². The Kier molecular flexibility index (Phi) is 7.49. The predicted molar refractivity (Wildman–Crippen MR) is 58.8 cm³/mol. The third kappa shape index (κ3) is 8.19. The number of unbranched alkanes of at least 4 members (excludes halogenated alkanes) is 1. The summed E-state index contributed by atoms with van der Waals surface area (Å²) >= 11 is 0. The van der Waals surface area contributed by atoms with Crippen LogP contribution in [0, 0.1) is 0 Å². The van der Waals surface area contributed by atoms with E-state index in [1.807, 2.05) is 0 Å². The zero-order valence-electron chi connectivity index (χ0n) is 9.48. The van der Waals surface area contributed by atoms with Crippen molar-refractivity contribution >= 4 is 11.9 Å². The monoisotopic (exact) mass is 232 g/mol. The molecule has 0 spiro atoms. The van der Waals surface area contributed by atoms with Crippen molar-refractivity contribution in [3.63, 3.8) is 0 Å². The van der Waals surface area contributed by atoms with E-state index in [0.29, 0.717) is 25.8 Å². The number of carboxylic acid groups (broad SMARTS) is 1. The molecule has 0 aliphatic carbocycles. The van der Waals surface area contributed by atoms with Gasteiger partial charge in [-0.2, -0.15) is 0 Å². The maximum Gasteiger partial charge on any atom is 0.320 e. The van der Waals surface area contributed by atoms with E-state index in [4.69, 9.17) is 15.9 Å². The molecular formula is C10H20N2O4. The van der Waals surface area contributed by atoms with Gasteiger partial charge in [-0.15, -0.1) is 0 Å². The highest BCUT2D eigenvalue weighted by Gasteiger charge is 2.10. The van der Waals surface area contributed by atoms with Crippen molar-refractivity contribution in [2.45, 2.75) is 44.8 Å². The van der Waals surface area contributed by atoms with Crippen LogP contribution in [0.3, 0.4) is 0 Å². The number of nitrogens with one attached hydrogen (secondary N) is 1. The van der Waals surface area contributed by atoms with Gasteiger partial charge in [0.1, 0.15) is 6.04 Å². The second-order valence-electron chi connectivity index (χ2n) is 3.84. The number of rotatable bonds is 8. The van der Waals surface area contributed by atoms with Crippen molar-refractivity contribution in [3.05, 3.63) is 0 Å². The summed E-state index contributed by atoms with van der Waals surface area (Å²) in [6.07, 6.45) is 1.20. The van der Waals surface area contributed by atoms with Crippen LogP contribution in [-0.2, 0) is 9.59 Å². The van der Waals surface area contributed by atoms with Gasteiger partial charge in [-0.25, -0.2) is 0 Å². The highest BCUT2D eigenvalue weighted by Crippen LogP contribution is 1.98. The molecule has 1 unspecified atom stereocenters. The van der Waals surface area contributed by atoms with Crippen LogP contribution in [0.15, 0.2) is 0 Å². The second-order valence-corrected chi connectivity index (χ2v) is 3.84. The van der Waals surface area contributed by atoms with Gasteiger partial charge < -0.3 is 21.3 Å². The molecule has 5 N–H and O–H groups in total. The van der Waals surface area contributed by atoms with Crippen LogP contribution in [0.1, 0.15) is 32.6 Å². The lowest BCUT2D eigenvalue weighted by Gasteiger charge is -2.08. The molecule has 0 radical (unpaired) electrons. The Morgan fingerprint density at radius 2 is 2.00 bits per heavy atom. The predicted octanol–water partition coefficient (Wildman–Crippen LogP) is -0.544. The highest BCUT2D eigenvalue weighted by molar-refractivity contribution is 5.76. The first-order chi connectivity index (χ1) is 7.43. The fourth-order valence-electron chi connectivity index (χ4n) is 1.18. The minimum Gasteiger partial charge on any atom is -0.480 e. The van der Waals surface area contributed by atoms with Crippen molar-refractivity contribution in [1.82, 2.24) is 5.32 Å². The van der Waals surface area contributed by atoms with Crippen LogP contribution in [0.2, 0.25) is 0 Å². The van der Waals surface area contributed by atoms with E-state index in [9.17, 15) is 9.59 Å². The molecule has 16 heavy (non-hydrogen) atoms. The molecule has 0 aliphatic rings. The van der Waals surface area contributed by atoms with Gasteiger partial charge >= 0.3 is 5.97 Å². The van der Waals surface area contributed by atoms with Crippen molar-refractivity contribution < 1.29 is 19.8 Å². The van der Waals surface area contributed by atoms with Gasteiger partial charge in [0.25, 0.3) is 0 Å². The molecule has 1 amide bonds. The average Bonchev–Trinajstić information content (AvgIpc) is 2.15. The van der Waals surface area contributed by atoms with Crippen molar-refractivity contribution in [1.29, 1.82) is 0 Å². The first kappa shape index (κ1) is 14.9. The molecule has 0 rings (SSSR count). The summed E-state index contributed by atoms with van der Waals surface area (Å²) in [6.45, 7) is 2.03. The molecule has 94 valence electrons. The van der Waals surface area contributed by atoms with Gasteiger partial charge in [0.2, 0.25) is 5.91 Å². The van der Waals surface area contributed by atoms with Crippen LogP contribution in [0.25, 0.3) is 0 Å². The number of aliphatic hydroxyl groups excluding tert-OH is 1. The van der Waals surface area contributed by atoms with Crippen molar-refractivity contribution in [2.75, 3.05) is 6.54 Å². The van der Waals surface area contributed by atoms with Crippen LogP contribution in [-0.4, -0.2) is 40.8 Å². The molecule has 0 heterocycles. The molecule has 0 saturated carbocycles. The van der Waals surface area contributed by atoms with Crippen LogP contribution < -0.4 is 11.1 Å². The molecule has 0 aromatic heterocycles. The molecule has 6 heteroatoms. The quantitative estimate of drug-likeness (QED) is 0.420. The van der Waals surface area contributed by atoms with Crippen molar-refractivity contribution in [3.8, 4) is 0 Å². The molecule has 2 atom stereocenters. The molecule has 0 saturated heterocycles. The molecular weight excluding hydrogens is 212 g/mol. The van der Waals surface area contributed by atoms with Gasteiger partial charge in [-0.1, -0.05) is 0 Å². The van der Waals surface area contributed by atoms with Gasteiger partial charge in [-0.3, -0.25) is 9.59 Å². The Labute approximate surface area is 94.8 Å². The summed E-state index contributed by atoms with van der Waals surface area (Å²) in [5.41, 5.74) is 5.30. The maximum atomic E-state index is 11.1. The van der Waals surface area contributed by atoms with Crippen LogP contribution in [0.5, 0.6) is 0 Å². The van der Waals surface area contributed by atoms with Gasteiger partial charge in [0.05, 0.1) is 12.5 Å². The third-order valence-corrected chi connectivity index (χ3v) is 2.06. The number of carbonyl (C=O) groups is 2. The first-order valence-electron chi connectivity index (χ1n) is 5.36. The number of aliphatic hydroxyl groups is 1. The molecule has 0 aromatic rings. The van der Waals surface area contributed by atoms with E-state index < -0.39 is 18.1 Å². The lowest BCUT2D eigenvalue weighted by atomic mass is 10.1. The Hall–Kier alpha value is -1.14. The summed E-state index contributed by atoms with van der Waals surface area (Å²) < 4.78 is 0. The van der Waals surface area contributed by atoms with Crippen molar-refractivity contribution in [2.24, 2.45) is 5.73 Å². The standard InChI is InChI=1S/C10H20N2O4/c1-7(13)6-9(14)12-5-3-2-4-8(11)10(15)16/h7-8,13H,2-6,11H2,1H3,(H,12,14)(H,15,16)/t7?,8-/m0/s1. The summed E-state index contributed by atoms with van der Waals surface area (Å²) in [7, 11) is 0. The Bertz CT molecular complexity index is 231. The minimum atomic E-state index is -1.00. The first-order valence-corrected chi connectivity index (χ1v) is 5.36. The minimum absolute atomic E-state index is 0.0919. The molecule has 6 nitrogen and oxygen atoms in total. The van der Waals surface area contributed by atoms with Gasteiger partial charge in [0, 0.05) is 6.54 Å². The summed E-state index contributed by atoms with van der Waals surface area (Å²) in [6, 6.07) is -0.826. The largest absolute Gasteiger partial charge is 0.480 e. The van der Waals surface area contributed by atoms with E-state index in [1.165, 1.54) is 0 Å². The van der Waals surface area contributed by atoms with E-state index in [0.717, 1.165) is 0 Å². The third-order valence-electron chi connectivity index (χ3n) is 2.06. The van der Waals surface area contributed by atoms with E-state index in [1.54, 1.807) is 6.92 Å². The van der Waals surface area contributed by atoms with Gasteiger partial charge in [0.15, 0.2) is 0 Å². The fourth-order valence-corrected chi connectivity index (χ4v) is 1.18. The zero-order valence-corrected chi connectivity index (χ0v) is 9.48. The number of aliphatic carboxylic acids is 1. The topological polar surface area (TPSA) is 113 Å². The Morgan fingerprint density at radius 3 is 2.50 bits per heavy atom. The Balaban J connectivity index is 3.40. The number of hydrogen-bond acceptors (Lipinski definition) is 4. The summed E-state index contributed by atoms with van der Waals surface area (Å²) in [4.78, 5) is 21.4. The maximum absolute atomic E-state index is 11.1. The average molecular weight is 232 g/mol. The van der Waals surface area contributed by atoms with E-state index in [2.05, 4.69) is 5.32 Å². The smallest absolute Gasteiger partial charge is 0.320 e.